The van der Waals surface area contributed by atoms with Crippen molar-refractivity contribution in [2.75, 3.05) is 19.6 Å². The van der Waals surface area contributed by atoms with Crippen LogP contribution in [0.15, 0.2) is 5.16 Å². The molecule has 3 N–H and O–H groups in total. The summed E-state index contributed by atoms with van der Waals surface area (Å²) in [5.74, 6) is 2.03. The van der Waals surface area contributed by atoms with Crippen molar-refractivity contribution in [1.29, 1.82) is 0 Å². The Labute approximate surface area is 118 Å². The monoisotopic (exact) mass is 269 g/mol. The second-order valence-electron chi connectivity index (χ2n) is 6.87. The normalized spacial score (nSPS) is 26.6. The van der Waals surface area contributed by atoms with Gasteiger partial charge in [0.05, 0.1) is 0 Å². The van der Waals surface area contributed by atoms with Crippen LogP contribution < -0.4 is 5.73 Å². The average Bonchev–Trinajstić information content (AvgIpc) is 2.37. The fourth-order valence-electron chi connectivity index (χ4n) is 2.72. The highest BCUT2D eigenvalue weighted by Gasteiger charge is 2.24. The molecule has 0 radical (unpaired) electrons. The van der Waals surface area contributed by atoms with Gasteiger partial charge in [-0.3, -0.25) is 0 Å². The van der Waals surface area contributed by atoms with Crippen LogP contribution in [0, 0.1) is 17.3 Å². The third kappa shape index (κ3) is 5.01. The fourth-order valence-corrected chi connectivity index (χ4v) is 2.72. The van der Waals surface area contributed by atoms with Crippen molar-refractivity contribution in [3.05, 3.63) is 0 Å². The third-order valence-electron chi connectivity index (χ3n) is 4.75. The maximum absolute atomic E-state index is 8.74. The molecule has 4 nitrogen and oxygen atoms in total. The minimum atomic E-state index is -0.196. The van der Waals surface area contributed by atoms with Gasteiger partial charge in [-0.25, -0.2) is 0 Å². The lowest BCUT2D eigenvalue weighted by Gasteiger charge is -2.35. The van der Waals surface area contributed by atoms with Crippen LogP contribution in [0.4, 0.5) is 0 Å². The van der Waals surface area contributed by atoms with Crippen LogP contribution in [0.25, 0.3) is 0 Å². The molecule has 0 aromatic rings. The quantitative estimate of drug-likeness (QED) is 0.256. The van der Waals surface area contributed by atoms with Crippen molar-refractivity contribution in [1.82, 2.24) is 4.90 Å². The summed E-state index contributed by atoms with van der Waals surface area (Å²) >= 11 is 0. The molecule has 1 aliphatic heterocycles. The lowest BCUT2D eigenvalue weighted by atomic mass is 9.85. The first-order chi connectivity index (χ1) is 8.86. The first-order valence-corrected chi connectivity index (χ1v) is 7.57. The van der Waals surface area contributed by atoms with E-state index in [-0.39, 0.29) is 5.41 Å². The van der Waals surface area contributed by atoms with Gasteiger partial charge in [0.25, 0.3) is 0 Å². The molecule has 1 fully saturated rings. The molecule has 0 aromatic heterocycles. The number of likely N-dealkylation sites (tertiary alicyclic amines) is 1. The number of rotatable bonds is 6. The first-order valence-electron chi connectivity index (χ1n) is 7.57. The van der Waals surface area contributed by atoms with Crippen molar-refractivity contribution in [2.24, 2.45) is 28.1 Å². The summed E-state index contributed by atoms with van der Waals surface area (Å²) in [6, 6.07) is 0. The molecule has 0 saturated carbocycles. The molecule has 0 spiro atoms. The number of unbranched alkanes of at least 4 members (excludes halogenated alkanes) is 1. The number of oxime groups is 1. The Kier molecular flexibility index (Phi) is 6.11. The van der Waals surface area contributed by atoms with Crippen molar-refractivity contribution in [2.45, 2.75) is 53.4 Å². The molecule has 2 atom stereocenters. The molecular weight excluding hydrogens is 238 g/mol. The minimum Gasteiger partial charge on any atom is -0.409 e. The van der Waals surface area contributed by atoms with Gasteiger partial charge in [0.15, 0.2) is 0 Å². The Morgan fingerprint density at radius 1 is 1.32 bits per heavy atom. The highest BCUT2D eigenvalue weighted by Crippen LogP contribution is 2.25. The van der Waals surface area contributed by atoms with Crippen LogP contribution in [-0.4, -0.2) is 35.6 Å². The lowest BCUT2D eigenvalue weighted by molar-refractivity contribution is 0.135. The summed E-state index contributed by atoms with van der Waals surface area (Å²) in [6.07, 6.45) is 4.63. The van der Waals surface area contributed by atoms with Crippen molar-refractivity contribution in [3.63, 3.8) is 0 Å². The van der Waals surface area contributed by atoms with E-state index in [1.807, 2.05) is 13.8 Å². The molecule has 0 bridgehead atoms. The number of nitrogens with two attached hydrogens (primary N) is 1. The van der Waals surface area contributed by atoms with Crippen molar-refractivity contribution in [3.8, 4) is 0 Å². The predicted octanol–water partition coefficient (Wildman–Crippen LogP) is 2.91. The van der Waals surface area contributed by atoms with E-state index in [4.69, 9.17) is 10.9 Å². The molecule has 0 aromatic carbocycles. The Bertz CT molecular complexity index is 302. The largest absolute Gasteiger partial charge is 0.409 e. The van der Waals surface area contributed by atoms with E-state index in [0.29, 0.717) is 5.84 Å². The van der Waals surface area contributed by atoms with Gasteiger partial charge in [0.1, 0.15) is 5.84 Å². The van der Waals surface area contributed by atoms with Crippen LogP contribution in [-0.2, 0) is 0 Å². The van der Waals surface area contributed by atoms with Gasteiger partial charge in [0.2, 0.25) is 0 Å². The Morgan fingerprint density at radius 3 is 2.58 bits per heavy atom. The van der Waals surface area contributed by atoms with Gasteiger partial charge in [0, 0.05) is 12.0 Å². The fraction of sp³-hybridized carbons (Fsp3) is 0.933. The molecule has 1 rings (SSSR count). The molecule has 4 heteroatoms. The molecule has 0 amide bonds. The van der Waals surface area contributed by atoms with E-state index in [9.17, 15) is 0 Å². The highest BCUT2D eigenvalue weighted by molar-refractivity contribution is 5.85. The van der Waals surface area contributed by atoms with Crippen molar-refractivity contribution >= 4 is 5.84 Å². The molecule has 2 unspecified atom stereocenters. The number of nitrogens with zero attached hydrogens (tertiary/aromatic N) is 2. The second-order valence-corrected chi connectivity index (χ2v) is 6.87. The molecule has 112 valence electrons. The third-order valence-corrected chi connectivity index (χ3v) is 4.75. The summed E-state index contributed by atoms with van der Waals surface area (Å²) in [7, 11) is 0. The van der Waals surface area contributed by atoms with Crippen LogP contribution in [0.5, 0.6) is 0 Å². The van der Waals surface area contributed by atoms with Gasteiger partial charge >= 0.3 is 0 Å². The average molecular weight is 269 g/mol. The van der Waals surface area contributed by atoms with Gasteiger partial charge in [-0.2, -0.15) is 0 Å². The van der Waals surface area contributed by atoms with Gasteiger partial charge < -0.3 is 15.8 Å². The number of hydrogen-bond donors (Lipinski definition) is 2. The summed E-state index contributed by atoms with van der Waals surface area (Å²) in [4.78, 5) is 2.58. The molecule has 1 aliphatic rings. The van der Waals surface area contributed by atoms with Gasteiger partial charge in [-0.1, -0.05) is 39.3 Å². The number of hydrogen-bond acceptors (Lipinski definition) is 3. The second kappa shape index (κ2) is 7.13. The predicted molar refractivity (Wildman–Crippen MR) is 80.4 cm³/mol. The van der Waals surface area contributed by atoms with E-state index in [2.05, 4.69) is 23.9 Å². The smallest absolute Gasteiger partial charge is 0.144 e. The zero-order valence-electron chi connectivity index (χ0n) is 13.0. The van der Waals surface area contributed by atoms with Crippen molar-refractivity contribution < 1.29 is 5.21 Å². The number of amidine groups is 1. The summed E-state index contributed by atoms with van der Waals surface area (Å²) in [6.45, 7) is 12.5. The Hall–Kier alpha value is -0.770. The molecule has 1 heterocycles. The minimum absolute atomic E-state index is 0.196. The zero-order chi connectivity index (χ0) is 14.5. The van der Waals surface area contributed by atoms with Crippen LogP contribution in [0.1, 0.15) is 53.4 Å². The van der Waals surface area contributed by atoms with Gasteiger partial charge in [-0.15, -0.1) is 0 Å². The van der Waals surface area contributed by atoms with Crippen LogP contribution in [0.3, 0.4) is 0 Å². The first kappa shape index (κ1) is 16.3. The maximum atomic E-state index is 8.74. The number of piperidine rings is 1. The molecule has 1 saturated heterocycles. The topological polar surface area (TPSA) is 61.8 Å². The summed E-state index contributed by atoms with van der Waals surface area (Å²) in [5, 5.41) is 11.9. The lowest BCUT2D eigenvalue weighted by Crippen LogP contribution is -2.39. The molecule has 19 heavy (non-hydrogen) atoms. The van der Waals surface area contributed by atoms with Crippen LogP contribution >= 0.6 is 0 Å². The SMILES string of the molecule is CC1CCN(CCCCC(C)(C)C(N)=NO)CC1C. The van der Waals surface area contributed by atoms with E-state index in [1.54, 1.807) is 0 Å². The van der Waals surface area contributed by atoms with E-state index in [1.165, 1.54) is 32.5 Å². The van der Waals surface area contributed by atoms with E-state index < -0.39 is 0 Å². The standard InChI is InChI=1S/C15H31N3O/c1-12-7-10-18(11-13(12)2)9-6-5-8-15(3,4)14(16)17-19/h12-13,19H,5-11H2,1-4H3,(H2,16,17). The Morgan fingerprint density at radius 2 is 2.00 bits per heavy atom. The molecule has 0 aliphatic carbocycles. The maximum Gasteiger partial charge on any atom is 0.144 e. The van der Waals surface area contributed by atoms with E-state index >= 15 is 0 Å². The molecular formula is C15H31N3O. The van der Waals surface area contributed by atoms with Crippen LogP contribution in [0.2, 0.25) is 0 Å². The van der Waals surface area contributed by atoms with Gasteiger partial charge in [-0.05, 0) is 44.2 Å². The zero-order valence-corrected chi connectivity index (χ0v) is 13.0. The highest BCUT2D eigenvalue weighted by atomic mass is 16.4. The van der Waals surface area contributed by atoms with E-state index in [0.717, 1.165) is 24.7 Å². The Balaban J connectivity index is 2.21. The summed E-state index contributed by atoms with van der Waals surface area (Å²) < 4.78 is 0. The summed E-state index contributed by atoms with van der Waals surface area (Å²) in [5.41, 5.74) is 5.50.